The minimum absolute atomic E-state index is 0.156. The van der Waals surface area contributed by atoms with Crippen molar-refractivity contribution >= 4 is 39.8 Å². The molecule has 1 atom stereocenters. The highest BCUT2D eigenvalue weighted by Gasteiger charge is 2.26. The molecule has 3 aromatic rings. The lowest BCUT2D eigenvalue weighted by molar-refractivity contribution is -0.131. The van der Waals surface area contributed by atoms with Crippen LogP contribution >= 0.6 is 23.1 Å². The number of amides is 1. The highest BCUT2D eigenvalue weighted by molar-refractivity contribution is 8.02. The van der Waals surface area contributed by atoms with Crippen molar-refractivity contribution in [1.82, 2.24) is 15.1 Å². The second kappa shape index (κ2) is 8.32. The first kappa shape index (κ1) is 19.0. The van der Waals surface area contributed by atoms with Gasteiger partial charge in [0.15, 0.2) is 4.34 Å². The van der Waals surface area contributed by atoms with Gasteiger partial charge in [-0.2, -0.15) is 0 Å². The smallest absolute Gasteiger partial charge is 0.236 e. The largest absolute Gasteiger partial charge is 0.337 e. The standard InChI is InChI=1S/C21H22N4OS2/c1-14-7-3-6-10-18(14)22-20-23-24-21(28-20)27-15(2)19(26)25-12-11-16-8-4-5-9-17(16)13-25/h3-10,15H,11-13H2,1-2H3,(H,22,23)/t15-/m1/s1. The summed E-state index contributed by atoms with van der Waals surface area (Å²) in [5, 5.41) is 12.3. The third-order valence-electron chi connectivity index (χ3n) is 4.86. The maximum absolute atomic E-state index is 12.9. The Hall–Kier alpha value is -2.38. The number of carbonyl (C=O) groups excluding carboxylic acids is 1. The van der Waals surface area contributed by atoms with Crippen molar-refractivity contribution < 1.29 is 4.79 Å². The number of para-hydroxylation sites is 1. The Morgan fingerprint density at radius 2 is 1.89 bits per heavy atom. The number of anilines is 2. The van der Waals surface area contributed by atoms with E-state index in [2.05, 4.69) is 46.7 Å². The van der Waals surface area contributed by atoms with Crippen molar-refractivity contribution in [1.29, 1.82) is 0 Å². The molecule has 1 aromatic heterocycles. The molecule has 0 saturated carbocycles. The van der Waals surface area contributed by atoms with Crippen LogP contribution in [-0.4, -0.2) is 32.8 Å². The van der Waals surface area contributed by atoms with E-state index in [4.69, 9.17) is 0 Å². The molecule has 28 heavy (non-hydrogen) atoms. The SMILES string of the molecule is Cc1ccccc1Nc1nnc(S[C@H](C)C(=O)N2CCc3ccccc3C2)s1. The molecule has 1 aliphatic rings. The van der Waals surface area contributed by atoms with Crippen LogP contribution in [-0.2, 0) is 17.8 Å². The maximum atomic E-state index is 12.9. The van der Waals surface area contributed by atoms with Gasteiger partial charge >= 0.3 is 0 Å². The Morgan fingerprint density at radius 1 is 1.14 bits per heavy atom. The zero-order valence-electron chi connectivity index (χ0n) is 15.9. The van der Waals surface area contributed by atoms with E-state index < -0.39 is 0 Å². The second-order valence-corrected chi connectivity index (χ2v) is 9.42. The molecule has 1 amide bonds. The predicted molar refractivity (Wildman–Crippen MR) is 115 cm³/mol. The van der Waals surface area contributed by atoms with E-state index in [1.54, 1.807) is 0 Å². The molecule has 0 saturated heterocycles. The van der Waals surface area contributed by atoms with Gasteiger partial charge < -0.3 is 10.2 Å². The number of fused-ring (bicyclic) bond motifs is 1. The Morgan fingerprint density at radius 3 is 2.71 bits per heavy atom. The first-order chi connectivity index (χ1) is 13.6. The van der Waals surface area contributed by atoms with Crippen molar-refractivity contribution in [2.45, 2.75) is 36.4 Å². The lowest BCUT2D eigenvalue weighted by Crippen LogP contribution is -2.40. The zero-order valence-corrected chi connectivity index (χ0v) is 17.5. The molecule has 2 heterocycles. The van der Waals surface area contributed by atoms with E-state index in [9.17, 15) is 4.79 Å². The van der Waals surface area contributed by atoms with E-state index in [0.717, 1.165) is 33.7 Å². The van der Waals surface area contributed by atoms with Gasteiger partial charge in [0.1, 0.15) is 0 Å². The molecule has 2 aromatic carbocycles. The van der Waals surface area contributed by atoms with Gasteiger partial charge in [-0.25, -0.2) is 0 Å². The van der Waals surface area contributed by atoms with E-state index in [-0.39, 0.29) is 11.2 Å². The molecule has 0 radical (unpaired) electrons. The summed E-state index contributed by atoms with van der Waals surface area (Å²) in [6.07, 6.45) is 0.919. The molecule has 4 rings (SSSR count). The summed E-state index contributed by atoms with van der Waals surface area (Å²) in [4.78, 5) is 14.9. The highest BCUT2D eigenvalue weighted by atomic mass is 32.2. The fraction of sp³-hybridized carbons (Fsp3) is 0.286. The van der Waals surface area contributed by atoms with Crippen molar-refractivity contribution in [3.63, 3.8) is 0 Å². The minimum atomic E-state index is -0.190. The maximum Gasteiger partial charge on any atom is 0.236 e. The number of rotatable bonds is 5. The molecule has 5 nitrogen and oxygen atoms in total. The Balaban J connectivity index is 1.37. The summed E-state index contributed by atoms with van der Waals surface area (Å²) in [6.45, 7) is 5.47. The van der Waals surface area contributed by atoms with E-state index in [1.165, 1.54) is 34.2 Å². The van der Waals surface area contributed by atoms with E-state index in [0.29, 0.717) is 6.54 Å². The first-order valence-electron chi connectivity index (χ1n) is 9.28. The fourth-order valence-corrected chi connectivity index (χ4v) is 5.27. The summed E-state index contributed by atoms with van der Waals surface area (Å²) in [5.74, 6) is 0.156. The van der Waals surface area contributed by atoms with E-state index in [1.807, 2.05) is 36.1 Å². The molecule has 0 spiro atoms. The van der Waals surface area contributed by atoms with Gasteiger partial charge in [-0.15, -0.1) is 10.2 Å². The van der Waals surface area contributed by atoms with Crippen LogP contribution < -0.4 is 5.32 Å². The quantitative estimate of drug-likeness (QED) is 0.620. The van der Waals surface area contributed by atoms with Gasteiger partial charge in [-0.05, 0) is 43.0 Å². The normalized spacial score (nSPS) is 14.4. The van der Waals surface area contributed by atoms with Crippen LogP contribution in [0.15, 0.2) is 52.9 Å². The molecule has 0 fully saturated rings. The fourth-order valence-electron chi connectivity index (χ4n) is 3.28. The van der Waals surface area contributed by atoms with Crippen molar-refractivity contribution in [3.8, 4) is 0 Å². The number of benzene rings is 2. The summed E-state index contributed by atoms with van der Waals surface area (Å²) in [6, 6.07) is 16.4. The van der Waals surface area contributed by atoms with Crippen LogP contribution in [0.25, 0.3) is 0 Å². The first-order valence-corrected chi connectivity index (χ1v) is 11.0. The van der Waals surface area contributed by atoms with Crippen LogP contribution in [0.4, 0.5) is 10.8 Å². The molecule has 144 valence electrons. The number of carbonyl (C=O) groups is 1. The lowest BCUT2D eigenvalue weighted by atomic mass is 10.00. The number of hydrogen-bond donors (Lipinski definition) is 1. The topological polar surface area (TPSA) is 58.1 Å². The average molecular weight is 411 g/mol. The summed E-state index contributed by atoms with van der Waals surface area (Å²) in [7, 11) is 0. The number of nitrogens with one attached hydrogen (secondary N) is 1. The van der Waals surface area contributed by atoms with Crippen LogP contribution in [0.5, 0.6) is 0 Å². The van der Waals surface area contributed by atoms with Crippen LogP contribution in [0.3, 0.4) is 0 Å². The minimum Gasteiger partial charge on any atom is -0.337 e. The molecular formula is C21H22N4OS2. The van der Waals surface area contributed by atoms with Crippen molar-refractivity contribution in [2.75, 3.05) is 11.9 Å². The molecular weight excluding hydrogens is 388 g/mol. The molecule has 0 unspecified atom stereocenters. The number of hydrogen-bond acceptors (Lipinski definition) is 6. The lowest BCUT2D eigenvalue weighted by Gasteiger charge is -2.30. The number of nitrogens with zero attached hydrogens (tertiary/aromatic N) is 3. The van der Waals surface area contributed by atoms with Gasteiger partial charge in [0.05, 0.1) is 5.25 Å². The molecule has 7 heteroatoms. The average Bonchev–Trinajstić information content (AvgIpc) is 3.15. The Kier molecular flexibility index (Phi) is 5.64. The molecule has 0 bridgehead atoms. The van der Waals surface area contributed by atoms with Gasteiger partial charge in [0.2, 0.25) is 11.0 Å². The number of thioether (sulfide) groups is 1. The molecule has 1 aliphatic heterocycles. The molecule has 1 N–H and O–H groups in total. The van der Waals surface area contributed by atoms with Gasteiger partial charge in [0.25, 0.3) is 0 Å². The summed E-state index contributed by atoms with van der Waals surface area (Å²) in [5.41, 5.74) is 4.77. The number of aryl methyl sites for hydroxylation is 1. The van der Waals surface area contributed by atoms with Crippen molar-refractivity contribution in [3.05, 3.63) is 65.2 Å². The Bertz CT molecular complexity index is 988. The highest BCUT2D eigenvalue weighted by Crippen LogP contribution is 2.32. The van der Waals surface area contributed by atoms with Crippen LogP contribution in [0, 0.1) is 6.92 Å². The number of aromatic nitrogens is 2. The van der Waals surface area contributed by atoms with E-state index >= 15 is 0 Å². The van der Waals surface area contributed by atoms with Gasteiger partial charge in [-0.3, -0.25) is 4.79 Å². The van der Waals surface area contributed by atoms with Gasteiger partial charge in [0, 0.05) is 18.8 Å². The Labute approximate surface area is 173 Å². The van der Waals surface area contributed by atoms with Crippen molar-refractivity contribution in [2.24, 2.45) is 0 Å². The summed E-state index contributed by atoms with van der Waals surface area (Å²) < 4.78 is 0.800. The van der Waals surface area contributed by atoms with Crippen LogP contribution in [0.2, 0.25) is 0 Å². The third-order valence-corrected chi connectivity index (χ3v) is 6.87. The summed E-state index contributed by atoms with van der Waals surface area (Å²) >= 11 is 2.95. The molecule has 0 aliphatic carbocycles. The van der Waals surface area contributed by atoms with Crippen LogP contribution in [0.1, 0.15) is 23.6 Å². The third kappa shape index (κ3) is 4.20. The monoisotopic (exact) mass is 410 g/mol. The second-order valence-electron chi connectivity index (χ2n) is 6.85. The zero-order chi connectivity index (χ0) is 19.5. The predicted octanol–water partition coefficient (Wildman–Crippen LogP) is 4.66. The van der Waals surface area contributed by atoms with Gasteiger partial charge in [-0.1, -0.05) is 65.6 Å².